The van der Waals surface area contributed by atoms with Gasteiger partial charge in [0.05, 0.1) is 11.8 Å². The fraction of sp³-hybridized carbons (Fsp3) is 0.278. The van der Waals surface area contributed by atoms with Crippen LogP contribution in [0.2, 0.25) is 0 Å². The molecule has 0 aliphatic heterocycles. The molecular weight excluding hydrogens is 338 g/mol. The number of nitrogens with zero attached hydrogens (tertiary/aromatic N) is 1. The third-order valence-corrected chi connectivity index (χ3v) is 4.98. The summed E-state index contributed by atoms with van der Waals surface area (Å²) in [7, 11) is 1.59. The largest absolute Gasteiger partial charge is 0.494 e. The van der Waals surface area contributed by atoms with E-state index in [4.69, 9.17) is 4.74 Å². The predicted molar refractivity (Wildman–Crippen MR) is 99.0 cm³/mol. The molecule has 0 saturated heterocycles. The van der Waals surface area contributed by atoms with Crippen LogP contribution in [0.3, 0.4) is 0 Å². The van der Waals surface area contributed by atoms with E-state index >= 15 is 0 Å². The molecule has 6 nitrogen and oxygen atoms in total. The summed E-state index contributed by atoms with van der Waals surface area (Å²) >= 11 is 1.38. The highest BCUT2D eigenvalue weighted by Crippen LogP contribution is 2.32. The highest BCUT2D eigenvalue weighted by molar-refractivity contribution is 7.22. The Morgan fingerprint density at radius 3 is 2.76 bits per heavy atom. The number of carbonyl (C=O) groups is 2. The lowest BCUT2D eigenvalue weighted by Gasteiger charge is -2.03. The van der Waals surface area contributed by atoms with E-state index in [0.29, 0.717) is 39.8 Å². The van der Waals surface area contributed by atoms with Crippen molar-refractivity contribution in [3.05, 3.63) is 40.7 Å². The third-order valence-electron chi connectivity index (χ3n) is 4.05. The number of aryl methyl sites for hydroxylation is 1. The SMILES string of the molecule is CCc1c(C(=O)Nc2nc3c(OC)cccc3s2)[nH]c(C)c1C(C)=O. The molecule has 0 saturated carbocycles. The van der Waals surface area contributed by atoms with Crippen molar-refractivity contribution in [3.8, 4) is 5.75 Å². The molecule has 3 rings (SSSR count). The van der Waals surface area contributed by atoms with Crippen LogP contribution in [0.5, 0.6) is 5.75 Å². The van der Waals surface area contributed by atoms with Crippen LogP contribution in [-0.4, -0.2) is 28.8 Å². The summed E-state index contributed by atoms with van der Waals surface area (Å²) < 4.78 is 6.23. The molecule has 7 heteroatoms. The third kappa shape index (κ3) is 3.02. The van der Waals surface area contributed by atoms with E-state index in [-0.39, 0.29) is 11.7 Å². The first kappa shape index (κ1) is 17.2. The topological polar surface area (TPSA) is 84.1 Å². The molecule has 0 unspecified atom stereocenters. The standard InChI is InChI=1S/C18H19N3O3S/c1-5-11-14(10(3)22)9(2)19-15(11)17(23)21-18-20-16-12(24-4)7-6-8-13(16)25-18/h6-8,19H,5H2,1-4H3,(H,20,21,23). The van der Waals surface area contributed by atoms with Crippen molar-refractivity contribution < 1.29 is 14.3 Å². The second kappa shape index (κ2) is 6.68. The van der Waals surface area contributed by atoms with Gasteiger partial charge in [-0.3, -0.25) is 14.9 Å². The number of amides is 1. The van der Waals surface area contributed by atoms with E-state index in [1.807, 2.05) is 25.1 Å². The Bertz CT molecular complexity index is 972. The summed E-state index contributed by atoms with van der Waals surface area (Å²) in [6, 6.07) is 5.64. The molecule has 0 aliphatic carbocycles. The molecule has 1 aromatic carbocycles. The number of fused-ring (bicyclic) bond motifs is 1. The summed E-state index contributed by atoms with van der Waals surface area (Å²) in [4.78, 5) is 32.0. The second-order valence-electron chi connectivity index (χ2n) is 5.67. The number of rotatable bonds is 5. The Morgan fingerprint density at radius 1 is 1.36 bits per heavy atom. The van der Waals surface area contributed by atoms with Crippen LogP contribution in [0.25, 0.3) is 10.2 Å². The van der Waals surface area contributed by atoms with Crippen LogP contribution in [0.15, 0.2) is 18.2 Å². The number of anilines is 1. The lowest BCUT2D eigenvalue weighted by molar-refractivity contribution is 0.101. The number of hydrogen-bond acceptors (Lipinski definition) is 5. The van der Waals surface area contributed by atoms with Crippen LogP contribution in [0, 0.1) is 6.92 Å². The van der Waals surface area contributed by atoms with Crippen LogP contribution < -0.4 is 10.1 Å². The highest BCUT2D eigenvalue weighted by atomic mass is 32.1. The minimum absolute atomic E-state index is 0.0469. The average molecular weight is 357 g/mol. The highest BCUT2D eigenvalue weighted by Gasteiger charge is 2.22. The summed E-state index contributed by atoms with van der Waals surface area (Å²) in [6.07, 6.45) is 0.593. The maximum absolute atomic E-state index is 12.7. The molecular formula is C18H19N3O3S. The van der Waals surface area contributed by atoms with Crippen molar-refractivity contribution in [1.82, 2.24) is 9.97 Å². The van der Waals surface area contributed by atoms with Crippen molar-refractivity contribution in [1.29, 1.82) is 0 Å². The van der Waals surface area contributed by atoms with E-state index in [1.165, 1.54) is 18.3 Å². The summed E-state index contributed by atoms with van der Waals surface area (Å²) in [5, 5.41) is 3.31. The summed E-state index contributed by atoms with van der Waals surface area (Å²) in [5.74, 6) is 0.318. The second-order valence-corrected chi connectivity index (χ2v) is 6.70. The first-order valence-corrected chi connectivity index (χ1v) is 8.75. The van der Waals surface area contributed by atoms with Crippen LogP contribution in [0.1, 0.15) is 46.0 Å². The lowest BCUT2D eigenvalue weighted by atomic mass is 10.0. The molecule has 1 amide bonds. The van der Waals surface area contributed by atoms with Gasteiger partial charge in [-0.15, -0.1) is 0 Å². The fourth-order valence-electron chi connectivity index (χ4n) is 3.00. The van der Waals surface area contributed by atoms with Gasteiger partial charge in [-0.2, -0.15) is 0 Å². The maximum Gasteiger partial charge on any atom is 0.274 e. The number of nitrogens with one attached hydrogen (secondary N) is 2. The van der Waals surface area contributed by atoms with Crippen LogP contribution in [-0.2, 0) is 6.42 Å². The minimum atomic E-state index is -0.300. The molecule has 2 heterocycles. The van der Waals surface area contributed by atoms with Gasteiger partial charge < -0.3 is 9.72 Å². The van der Waals surface area contributed by atoms with Gasteiger partial charge in [-0.25, -0.2) is 4.98 Å². The average Bonchev–Trinajstić information content (AvgIpc) is 3.14. The van der Waals surface area contributed by atoms with E-state index in [0.717, 1.165) is 10.3 Å². The van der Waals surface area contributed by atoms with Crippen LogP contribution >= 0.6 is 11.3 Å². The Morgan fingerprint density at radius 2 is 2.12 bits per heavy atom. The predicted octanol–water partition coefficient (Wildman–Crippen LogP) is 3.96. The fourth-order valence-corrected chi connectivity index (χ4v) is 3.88. The monoisotopic (exact) mass is 357 g/mol. The molecule has 2 N–H and O–H groups in total. The summed E-state index contributed by atoms with van der Waals surface area (Å²) in [5.41, 5.74) is 3.17. The molecule has 0 bridgehead atoms. The Kier molecular flexibility index (Phi) is 4.59. The number of aromatic nitrogens is 2. The van der Waals surface area contributed by atoms with E-state index < -0.39 is 0 Å². The number of para-hydroxylation sites is 1. The number of benzene rings is 1. The molecule has 0 spiro atoms. The van der Waals surface area contributed by atoms with E-state index in [9.17, 15) is 9.59 Å². The molecule has 130 valence electrons. The molecule has 0 atom stereocenters. The van der Waals surface area contributed by atoms with Gasteiger partial charge in [0.2, 0.25) is 0 Å². The summed E-state index contributed by atoms with van der Waals surface area (Å²) in [6.45, 7) is 5.24. The van der Waals surface area contributed by atoms with Gasteiger partial charge in [0, 0.05) is 11.3 Å². The van der Waals surface area contributed by atoms with Gasteiger partial charge in [-0.05, 0) is 38.0 Å². The number of carbonyl (C=O) groups excluding carboxylic acids is 2. The molecule has 0 aliphatic rings. The smallest absolute Gasteiger partial charge is 0.274 e. The molecule has 0 radical (unpaired) electrons. The van der Waals surface area contributed by atoms with Gasteiger partial charge in [0.15, 0.2) is 10.9 Å². The molecule has 25 heavy (non-hydrogen) atoms. The van der Waals surface area contributed by atoms with Gasteiger partial charge in [-0.1, -0.05) is 24.3 Å². The number of methoxy groups -OCH3 is 1. The zero-order valence-corrected chi connectivity index (χ0v) is 15.3. The number of hydrogen-bond donors (Lipinski definition) is 2. The van der Waals surface area contributed by atoms with Gasteiger partial charge in [0.1, 0.15) is 17.0 Å². The number of H-pyrrole nitrogens is 1. The number of ether oxygens (including phenoxy) is 1. The van der Waals surface area contributed by atoms with Gasteiger partial charge >= 0.3 is 0 Å². The number of Topliss-reactive ketones (excluding diaryl/α,β-unsaturated/α-hetero) is 1. The molecule has 2 aromatic heterocycles. The Labute approximate surface area is 149 Å². The Balaban J connectivity index is 1.95. The normalized spacial score (nSPS) is 10.9. The zero-order chi connectivity index (χ0) is 18.1. The van der Waals surface area contributed by atoms with Crippen molar-refractivity contribution >= 4 is 38.4 Å². The van der Waals surface area contributed by atoms with E-state index in [2.05, 4.69) is 15.3 Å². The zero-order valence-electron chi connectivity index (χ0n) is 14.5. The quantitative estimate of drug-likeness (QED) is 0.677. The van der Waals surface area contributed by atoms with Crippen LogP contribution in [0.4, 0.5) is 5.13 Å². The molecule has 0 fully saturated rings. The Hall–Kier alpha value is -2.67. The number of ketones is 1. The van der Waals surface area contributed by atoms with Crippen molar-refractivity contribution in [2.75, 3.05) is 12.4 Å². The van der Waals surface area contributed by atoms with Crippen molar-refractivity contribution in [2.24, 2.45) is 0 Å². The first-order valence-electron chi connectivity index (χ1n) is 7.93. The number of aromatic amines is 1. The van der Waals surface area contributed by atoms with Crippen molar-refractivity contribution in [3.63, 3.8) is 0 Å². The number of thiazole rings is 1. The van der Waals surface area contributed by atoms with Crippen molar-refractivity contribution in [2.45, 2.75) is 27.2 Å². The lowest BCUT2D eigenvalue weighted by Crippen LogP contribution is -2.14. The molecule has 3 aromatic rings. The van der Waals surface area contributed by atoms with Gasteiger partial charge in [0.25, 0.3) is 5.91 Å². The first-order chi connectivity index (χ1) is 12.0. The minimum Gasteiger partial charge on any atom is -0.494 e. The maximum atomic E-state index is 12.7. The van der Waals surface area contributed by atoms with E-state index in [1.54, 1.807) is 14.0 Å².